The summed E-state index contributed by atoms with van der Waals surface area (Å²) in [4.78, 5) is 13.4. The molecule has 2 amide bonds. The smallest absolute Gasteiger partial charge is 0.319 e. The van der Waals surface area contributed by atoms with Crippen molar-refractivity contribution < 1.29 is 34.7 Å². The molecule has 1 fully saturated rings. The van der Waals surface area contributed by atoms with Gasteiger partial charge >= 0.3 is 6.03 Å². The van der Waals surface area contributed by atoms with Crippen LogP contribution in [-0.4, -0.2) is 93.4 Å². The summed E-state index contributed by atoms with van der Waals surface area (Å²) in [5.41, 5.74) is 0. The number of aliphatic hydroxyl groups excluding tert-OH is 4. The van der Waals surface area contributed by atoms with E-state index in [0.29, 0.717) is 0 Å². The predicted molar refractivity (Wildman–Crippen MR) is 94.6 cm³/mol. The number of nitrogens with zero attached hydrogens (tertiary/aromatic N) is 1. The van der Waals surface area contributed by atoms with Crippen molar-refractivity contribution in [3.05, 3.63) is 0 Å². The molecule has 0 radical (unpaired) electrons. The van der Waals surface area contributed by atoms with Crippen LogP contribution in [-0.2, 0) is 9.47 Å². The largest absolute Gasteiger partial charge is 0.387 e. The van der Waals surface area contributed by atoms with Gasteiger partial charge in [-0.1, -0.05) is 13.3 Å². The fourth-order valence-electron chi connectivity index (χ4n) is 2.67. The van der Waals surface area contributed by atoms with Crippen LogP contribution in [0.15, 0.2) is 0 Å². The van der Waals surface area contributed by atoms with E-state index < -0.39 is 49.0 Å². The lowest BCUT2D eigenvalue weighted by Crippen LogP contribution is -2.65. The lowest BCUT2D eigenvalue weighted by molar-refractivity contribution is -0.319. The zero-order chi connectivity index (χ0) is 19.9. The van der Waals surface area contributed by atoms with E-state index in [1.807, 2.05) is 6.92 Å². The summed E-state index contributed by atoms with van der Waals surface area (Å²) in [6, 6.07) is -1.02. The molecule has 0 saturated carbocycles. The Balaban J connectivity index is 2.90. The van der Waals surface area contributed by atoms with Gasteiger partial charge in [-0.2, -0.15) is 0 Å². The topological polar surface area (TPSA) is 132 Å². The van der Waals surface area contributed by atoms with E-state index in [2.05, 4.69) is 5.32 Å². The Morgan fingerprint density at radius 2 is 1.92 bits per heavy atom. The van der Waals surface area contributed by atoms with Crippen LogP contribution in [0.5, 0.6) is 0 Å². The normalized spacial score (nSPS) is 30.3. The number of amides is 2. The summed E-state index contributed by atoms with van der Waals surface area (Å²) in [5.74, 6) is 0.203. The monoisotopic (exact) mass is 398 g/mol. The highest BCUT2D eigenvalue weighted by Crippen LogP contribution is 2.26. The molecule has 6 atom stereocenters. The second-order valence-electron chi connectivity index (χ2n) is 6.50. The molecule has 10 heteroatoms. The third kappa shape index (κ3) is 5.91. The van der Waals surface area contributed by atoms with Crippen molar-refractivity contribution in [2.24, 2.45) is 0 Å². The van der Waals surface area contributed by atoms with E-state index >= 15 is 0 Å². The molecule has 1 aliphatic rings. The summed E-state index contributed by atoms with van der Waals surface area (Å²) < 4.78 is 10.9. The number of halogens is 1. The van der Waals surface area contributed by atoms with Gasteiger partial charge in [0.1, 0.15) is 24.4 Å². The van der Waals surface area contributed by atoms with Crippen molar-refractivity contribution in [1.82, 2.24) is 10.2 Å². The maximum atomic E-state index is 12.3. The first-order chi connectivity index (χ1) is 12.3. The van der Waals surface area contributed by atoms with E-state index in [1.54, 1.807) is 13.8 Å². The minimum atomic E-state index is -1.60. The Labute approximate surface area is 158 Å². The standard InChI is InChI=1S/C16H31ClN2O7/c1-4-5-8-25-15-12(22)10(20)11(21)13(26-15)14(23)19(9(2)3)16(24)18-7-6-17/h9-15,20-23H,4-8H2,1-3H3,(H,18,24)/t10-,11-,12+,13-,14?,15-/m0/s1. The van der Waals surface area contributed by atoms with Crippen LogP contribution in [0, 0.1) is 0 Å². The highest BCUT2D eigenvalue weighted by atomic mass is 35.5. The van der Waals surface area contributed by atoms with Crippen LogP contribution in [0.3, 0.4) is 0 Å². The summed E-state index contributed by atoms with van der Waals surface area (Å²) in [5, 5.41) is 43.5. The third-order valence-electron chi connectivity index (χ3n) is 4.13. The molecule has 0 aliphatic carbocycles. The van der Waals surface area contributed by atoms with Crippen LogP contribution in [0.4, 0.5) is 4.79 Å². The molecule has 1 heterocycles. The molecular formula is C16H31ClN2O7. The molecule has 0 spiro atoms. The molecule has 1 unspecified atom stereocenters. The average molecular weight is 399 g/mol. The van der Waals surface area contributed by atoms with Crippen LogP contribution in [0.1, 0.15) is 33.6 Å². The second kappa shape index (κ2) is 11.2. The Bertz CT molecular complexity index is 429. The molecular weight excluding hydrogens is 368 g/mol. The van der Waals surface area contributed by atoms with Gasteiger partial charge in [0.25, 0.3) is 0 Å². The van der Waals surface area contributed by atoms with Gasteiger partial charge in [-0.25, -0.2) is 4.79 Å². The molecule has 1 rings (SSSR count). The molecule has 154 valence electrons. The maximum absolute atomic E-state index is 12.3. The highest BCUT2D eigenvalue weighted by molar-refractivity contribution is 6.18. The number of hydrogen-bond acceptors (Lipinski definition) is 7. The summed E-state index contributed by atoms with van der Waals surface area (Å²) in [7, 11) is 0. The van der Waals surface area contributed by atoms with Gasteiger partial charge in [0.15, 0.2) is 12.5 Å². The van der Waals surface area contributed by atoms with E-state index in [-0.39, 0.29) is 19.0 Å². The number of nitrogens with one attached hydrogen (secondary N) is 1. The van der Waals surface area contributed by atoms with Gasteiger partial charge in [0.2, 0.25) is 0 Å². The van der Waals surface area contributed by atoms with Gasteiger partial charge in [-0.15, -0.1) is 11.6 Å². The summed E-state index contributed by atoms with van der Waals surface area (Å²) >= 11 is 5.56. The Morgan fingerprint density at radius 1 is 1.27 bits per heavy atom. The molecule has 26 heavy (non-hydrogen) atoms. The van der Waals surface area contributed by atoms with E-state index in [4.69, 9.17) is 21.1 Å². The number of carbonyl (C=O) groups excluding carboxylic acids is 1. The minimum absolute atomic E-state index is 0.203. The highest BCUT2D eigenvalue weighted by Gasteiger charge is 2.49. The number of alkyl halides is 1. The van der Waals surface area contributed by atoms with Crippen molar-refractivity contribution >= 4 is 17.6 Å². The van der Waals surface area contributed by atoms with Gasteiger partial charge in [-0.05, 0) is 20.3 Å². The molecule has 5 N–H and O–H groups in total. The van der Waals surface area contributed by atoms with Crippen molar-refractivity contribution in [2.75, 3.05) is 19.0 Å². The lowest BCUT2D eigenvalue weighted by Gasteiger charge is -2.45. The van der Waals surface area contributed by atoms with Gasteiger partial charge in [-0.3, -0.25) is 4.90 Å². The predicted octanol–water partition coefficient (Wildman–Crippen LogP) is -0.412. The maximum Gasteiger partial charge on any atom is 0.319 e. The Kier molecular flexibility index (Phi) is 10.1. The molecule has 9 nitrogen and oxygen atoms in total. The van der Waals surface area contributed by atoms with Crippen molar-refractivity contribution in [1.29, 1.82) is 0 Å². The Morgan fingerprint density at radius 3 is 2.46 bits per heavy atom. The fraction of sp³-hybridized carbons (Fsp3) is 0.938. The van der Waals surface area contributed by atoms with Crippen LogP contribution in [0.2, 0.25) is 0 Å². The zero-order valence-electron chi connectivity index (χ0n) is 15.4. The summed E-state index contributed by atoms with van der Waals surface area (Å²) in [6.07, 6.45) is -7.23. The fourth-order valence-corrected chi connectivity index (χ4v) is 2.76. The molecule has 1 saturated heterocycles. The van der Waals surface area contributed by atoms with Crippen LogP contribution < -0.4 is 5.32 Å². The number of aliphatic hydroxyl groups is 4. The average Bonchev–Trinajstić information content (AvgIpc) is 2.59. The van der Waals surface area contributed by atoms with Gasteiger partial charge < -0.3 is 35.2 Å². The first-order valence-electron chi connectivity index (χ1n) is 8.87. The first kappa shape index (κ1) is 23.4. The number of rotatable bonds is 9. The summed E-state index contributed by atoms with van der Waals surface area (Å²) in [6.45, 7) is 5.81. The van der Waals surface area contributed by atoms with E-state index in [1.165, 1.54) is 0 Å². The first-order valence-corrected chi connectivity index (χ1v) is 9.41. The molecule has 0 aromatic rings. The van der Waals surface area contributed by atoms with E-state index in [9.17, 15) is 25.2 Å². The molecule has 0 aromatic heterocycles. The third-order valence-corrected chi connectivity index (χ3v) is 4.32. The molecule has 1 aliphatic heterocycles. The SMILES string of the molecule is CCCCO[C@H]1O[C@H](C(O)N(C(=O)NCCCl)C(C)C)[C@@H](O)[C@H](O)[C@H]1O. The minimum Gasteiger partial charge on any atom is -0.387 e. The lowest BCUT2D eigenvalue weighted by atomic mass is 9.97. The van der Waals surface area contributed by atoms with Crippen molar-refractivity contribution in [2.45, 2.75) is 76.6 Å². The number of urea groups is 1. The van der Waals surface area contributed by atoms with Crippen LogP contribution in [0.25, 0.3) is 0 Å². The molecule has 0 aromatic carbocycles. The van der Waals surface area contributed by atoms with Crippen LogP contribution >= 0.6 is 11.6 Å². The van der Waals surface area contributed by atoms with E-state index in [0.717, 1.165) is 17.7 Å². The number of ether oxygens (including phenoxy) is 2. The second-order valence-corrected chi connectivity index (χ2v) is 6.88. The van der Waals surface area contributed by atoms with Gasteiger partial charge in [0.05, 0.1) is 0 Å². The number of hydrogen-bond donors (Lipinski definition) is 5. The number of unbranched alkanes of at least 4 members (excludes halogenated alkanes) is 1. The van der Waals surface area contributed by atoms with Gasteiger partial charge in [0, 0.05) is 25.1 Å². The quantitative estimate of drug-likeness (QED) is 0.202. The zero-order valence-corrected chi connectivity index (χ0v) is 16.2. The Hall–Kier alpha value is -0.680. The number of carbonyl (C=O) groups is 1. The molecule has 0 bridgehead atoms. The van der Waals surface area contributed by atoms with Crippen molar-refractivity contribution in [3.8, 4) is 0 Å². The van der Waals surface area contributed by atoms with Crippen molar-refractivity contribution in [3.63, 3.8) is 0 Å².